The monoisotopic (exact) mass is 454 g/mol. The van der Waals surface area contributed by atoms with Crippen LogP contribution >= 0.6 is 0 Å². The first kappa shape index (κ1) is 24.9. The van der Waals surface area contributed by atoms with Gasteiger partial charge in [0.1, 0.15) is 17.2 Å². The Bertz CT molecular complexity index is 1160. The van der Waals surface area contributed by atoms with Crippen LogP contribution in [0, 0.1) is 0 Å². The number of hydrogen-bond donors (Lipinski definition) is 0. The minimum atomic E-state index is -1.99. The molecule has 2 rings (SSSR count). The Balaban J connectivity index is 2.10. The summed E-state index contributed by atoms with van der Waals surface area (Å²) in [7, 11) is 0. The van der Waals surface area contributed by atoms with Gasteiger partial charge in [-0.15, -0.1) is 0 Å². The van der Waals surface area contributed by atoms with E-state index in [0.717, 1.165) is 6.08 Å². The molecule has 6 nitrogen and oxygen atoms in total. The van der Waals surface area contributed by atoms with Gasteiger partial charge < -0.3 is 14.2 Å². The van der Waals surface area contributed by atoms with Crippen molar-refractivity contribution in [1.82, 2.24) is 0 Å². The molecular weight excluding hydrogens is 434 g/mol. The Morgan fingerprint density at radius 1 is 0.818 bits per heavy atom. The normalized spacial score (nSPS) is 10.3. The second-order valence-corrected chi connectivity index (χ2v) is 6.80. The van der Waals surface area contributed by atoms with Gasteiger partial charge >= 0.3 is 17.9 Å². The van der Waals surface area contributed by atoms with Gasteiger partial charge in [-0.05, 0) is 61.9 Å². The average molecular weight is 454 g/mol. The Morgan fingerprint density at radius 3 is 1.91 bits per heavy atom. The molecule has 33 heavy (non-hydrogen) atoms. The largest absolute Gasteiger partial charge is 0.423 e. The van der Waals surface area contributed by atoms with Crippen LogP contribution in [0.25, 0.3) is 12.2 Å². The highest BCUT2D eigenvalue weighted by molar-refractivity contribution is 5.90. The molecule has 2 aromatic rings. The molecule has 0 aliphatic carbocycles. The van der Waals surface area contributed by atoms with Gasteiger partial charge in [-0.3, -0.25) is 0 Å². The van der Waals surface area contributed by atoms with Crippen LogP contribution in [0.15, 0.2) is 78.9 Å². The highest BCUT2D eigenvalue weighted by atomic mass is 19.3. The molecule has 0 radical (unpaired) electrons. The number of ether oxygens (including phenoxy) is 3. The molecule has 8 heteroatoms. The maximum atomic E-state index is 12.8. The molecule has 0 aliphatic heterocycles. The first-order valence-corrected chi connectivity index (χ1v) is 9.47. The number of rotatable bonds is 8. The van der Waals surface area contributed by atoms with E-state index in [1.54, 1.807) is 0 Å². The van der Waals surface area contributed by atoms with Crippen LogP contribution in [0.3, 0.4) is 0 Å². The van der Waals surface area contributed by atoms with Gasteiger partial charge in [0.25, 0.3) is 6.08 Å². The second kappa shape index (κ2) is 11.3. The highest BCUT2D eigenvalue weighted by Crippen LogP contribution is 2.25. The molecule has 0 N–H and O–H groups in total. The predicted molar refractivity (Wildman–Crippen MR) is 119 cm³/mol. The molecule has 0 heterocycles. The van der Waals surface area contributed by atoms with E-state index < -0.39 is 24.0 Å². The molecule has 0 bridgehead atoms. The van der Waals surface area contributed by atoms with Crippen molar-refractivity contribution < 1.29 is 37.4 Å². The fourth-order valence-corrected chi connectivity index (χ4v) is 2.27. The Morgan fingerprint density at radius 2 is 1.36 bits per heavy atom. The van der Waals surface area contributed by atoms with E-state index >= 15 is 0 Å². The van der Waals surface area contributed by atoms with Gasteiger partial charge in [0.05, 0.1) is 0 Å². The zero-order chi connectivity index (χ0) is 24.5. The number of benzene rings is 2. The van der Waals surface area contributed by atoms with Crippen LogP contribution in [0.2, 0.25) is 0 Å². The third-order valence-corrected chi connectivity index (χ3v) is 3.86. The average Bonchev–Trinajstić information content (AvgIpc) is 2.74. The molecule has 0 atom stereocenters. The Labute approximate surface area is 189 Å². The van der Waals surface area contributed by atoms with Crippen molar-refractivity contribution >= 4 is 30.1 Å². The van der Waals surface area contributed by atoms with Crippen molar-refractivity contribution in [3.05, 3.63) is 90.1 Å². The second-order valence-electron chi connectivity index (χ2n) is 6.80. The molecule has 0 aromatic heterocycles. The zero-order valence-electron chi connectivity index (χ0n) is 17.9. The van der Waals surface area contributed by atoms with Crippen molar-refractivity contribution in [3.8, 4) is 17.2 Å². The van der Waals surface area contributed by atoms with Crippen LogP contribution in [-0.4, -0.2) is 17.9 Å². The van der Waals surface area contributed by atoms with Crippen molar-refractivity contribution in [2.24, 2.45) is 0 Å². The number of carbonyl (C=O) groups is 3. The van der Waals surface area contributed by atoms with Crippen molar-refractivity contribution in [2.75, 3.05) is 0 Å². The van der Waals surface area contributed by atoms with Crippen molar-refractivity contribution in [2.45, 2.75) is 13.8 Å². The summed E-state index contributed by atoms with van der Waals surface area (Å²) in [4.78, 5) is 35.3. The number of carbonyl (C=O) groups excluding carboxylic acids is 3. The van der Waals surface area contributed by atoms with Crippen LogP contribution in [0.5, 0.6) is 17.2 Å². The molecule has 0 saturated heterocycles. The summed E-state index contributed by atoms with van der Waals surface area (Å²) in [5, 5.41) is 0. The third-order valence-electron chi connectivity index (χ3n) is 3.86. The molecule has 0 unspecified atom stereocenters. The topological polar surface area (TPSA) is 78.9 Å². The molecule has 2 aromatic carbocycles. The van der Waals surface area contributed by atoms with Gasteiger partial charge in [-0.25, -0.2) is 14.4 Å². The summed E-state index contributed by atoms with van der Waals surface area (Å²) in [6, 6.07) is 9.88. The maximum absolute atomic E-state index is 12.8. The lowest BCUT2D eigenvalue weighted by atomic mass is 10.1. The first-order valence-electron chi connectivity index (χ1n) is 9.47. The fourth-order valence-electron chi connectivity index (χ4n) is 2.27. The standard InChI is InChI=1S/C25H20F2O6/c1-15(2)24(29)32-20-9-7-19(8-10-20)31-23(28)12-6-17-5-11-21(33-25(30)16(3)4)18(13-17)14-22(26)27/h5-14H,1,3H2,2,4H3/b12-6+. The van der Waals surface area contributed by atoms with E-state index in [2.05, 4.69) is 13.2 Å². The minimum absolute atomic E-state index is 0.0555. The van der Waals surface area contributed by atoms with Gasteiger partial charge in [0.15, 0.2) is 0 Å². The first-order chi connectivity index (χ1) is 15.5. The SMILES string of the molecule is C=C(C)C(=O)Oc1ccc(OC(=O)/C=C/c2ccc(OC(=O)C(=C)C)c(C=C(F)F)c2)cc1. The van der Waals surface area contributed by atoms with E-state index in [1.165, 1.54) is 62.4 Å². The Kier molecular flexibility index (Phi) is 8.56. The molecule has 170 valence electrons. The predicted octanol–water partition coefficient (Wildman–Crippen LogP) is 5.51. The van der Waals surface area contributed by atoms with E-state index in [0.29, 0.717) is 11.6 Å². The Hall–Kier alpha value is -4.33. The third kappa shape index (κ3) is 8.02. The molecule has 0 aliphatic rings. The van der Waals surface area contributed by atoms with Gasteiger partial charge in [0.2, 0.25) is 0 Å². The maximum Gasteiger partial charge on any atom is 0.338 e. The summed E-state index contributed by atoms with van der Waals surface area (Å²) in [5.74, 6) is -1.69. The summed E-state index contributed by atoms with van der Waals surface area (Å²) >= 11 is 0. The lowest BCUT2D eigenvalue weighted by molar-refractivity contribution is -0.131. The van der Waals surface area contributed by atoms with E-state index in [4.69, 9.17) is 14.2 Å². The molecule has 0 fully saturated rings. The quantitative estimate of drug-likeness (QED) is 0.298. The van der Waals surface area contributed by atoms with Gasteiger partial charge in [0, 0.05) is 28.9 Å². The van der Waals surface area contributed by atoms with Crippen molar-refractivity contribution in [1.29, 1.82) is 0 Å². The zero-order valence-corrected chi connectivity index (χ0v) is 17.9. The lowest BCUT2D eigenvalue weighted by Crippen LogP contribution is -2.09. The summed E-state index contributed by atoms with van der Waals surface area (Å²) < 4.78 is 40.8. The fraction of sp³-hybridized carbons (Fsp3) is 0.0800. The van der Waals surface area contributed by atoms with Crippen LogP contribution in [0.4, 0.5) is 8.78 Å². The number of hydrogen-bond acceptors (Lipinski definition) is 6. The molecular formula is C25H20F2O6. The molecule has 0 spiro atoms. The van der Waals surface area contributed by atoms with Crippen molar-refractivity contribution in [3.63, 3.8) is 0 Å². The van der Waals surface area contributed by atoms with Crippen LogP contribution in [-0.2, 0) is 14.4 Å². The molecule has 0 amide bonds. The number of halogens is 2. The van der Waals surface area contributed by atoms with Crippen LogP contribution in [0.1, 0.15) is 25.0 Å². The van der Waals surface area contributed by atoms with Crippen LogP contribution < -0.4 is 14.2 Å². The van der Waals surface area contributed by atoms with E-state index in [1.807, 2.05) is 0 Å². The van der Waals surface area contributed by atoms with E-state index in [9.17, 15) is 23.2 Å². The van der Waals surface area contributed by atoms with E-state index in [-0.39, 0.29) is 34.0 Å². The molecule has 0 saturated carbocycles. The highest BCUT2D eigenvalue weighted by Gasteiger charge is 2.11. The minimum Gasteiger partial charge on any atom is -0.423 e. The summed E-state index contributed by atoms with van der Waals surface area (Å²) in [6.45, 7) is 9.86. The smallest absolute Gasteiger partial charge is 0.338 e. The summed E-state index contributed by atoms with van der Waals surface area (Å²) in [5.41, 5.74) is 0.682. The lowest BCUT2D eigenvalue weighted by Gasteiger charge is -2.08. The number of esters is 3. The summed E-state index contributed by atoms with van der Waals surface area (Å²) in [6.07, 6.45) is 1.01. The van der Waals surface area contributed by atoms with Gasteiger partial charge in [-0.2, -0.15) is 8.78 Å². The van der Waals surface area contributed by atoms with Gasteiger partial charge in [-0.1, -0.05) is 19.2 Å².